The van der Waals surface area contributed by atoms with Crippen LogP contribution in [-0.4, -0.2) is 66.3 Å². The van der Waals surface area contributed by atoms with Crippen molar-refractivity contribution in [3.05, 3.63) is 0 Å². The zero-order chi connectivity index (χ0) is 18.4. The monoisotopic (exact) mass is 348 g/mol. The average molecular weight is 348 g/mol. The topological polar surface area (TPSA) is 135 Å². The molecule has 0 radical (unpaired) electrons. The van der Waals surface area contributed by atoms with E-state index in [1.54, 1.807) is 0 Å². The molecule has 1 N–H and O–H groups in total. The molecule has 0 aliphatic carbocycles. The number of hydrogen-bond donors (Lipinski definition) is 1. The van der Waals surface area contributed by atoms with Crippen molar-refractivity contribution in [2.24, 2.45) is 0 Å². The minimum absolute atomic E-state index is 0.366. The summed E-state index contributed by atoms with van der Waals surface area (Å²) in [7, 11) is 0. The Labute approximate surface area is 137 Å². The van der Waals surface area contributed by atoms with E-state index in [-0.39, 0.29) is 6.61 Å². The molecule has 5 atom stereocenters. The second kappa shape index (κ2) is 8.60. The van der Waals surface area contributed by atoms with Gasteiger partial charge in [-0.25, -0.2) is 0 Å². The lowest BCUT2D eigenvalue weighted by atomic mass is 9.98. The van der Waals surface area contributed by atoms with Gasteiger partial charge in [0.2, 0.25) is 0 Å². The lowest BCUT2D eigenvalue weighted by molar-refractivity contribution is -0.296. The Balaban J connectivity index is 3.11. The molecule has 1 aliphatic rings. The van der Waals surface area contributed by atoms with Crippen molar-refractivity contribution in [2.75, 3.05) is 6.61 Å². The highest BCUT2D eigenvalue weighted by molar-refractivity contribution is 5.68. The summed E-state index contributed by atoms with van der Waals surface area (Å²) in [4.78, 5) is 44.9. The van der Waals surface area contributed by atoms with Crippen molar-refractivity contribution in [3.8, 4) is 0 Å². The highest BCUT2D eigenvalue weighted by Gasteiger charge is 2.51. The first-order valence-electron chi connectivity index (χ1n) is 7.10. The first-order chi connectivity index (χ1) is 11.1. The number of carbonyl (C=O) groups is 4. The first-order valence-corrected chi connectivity index (χ1v) is 7.10. The summed E-state index contributed by atoms with van der Waals surface area (Å²) >= 11 is 0. The van der Waals surface area contributed by atoms with Crippen LogP contribution in [0.15, 0.2) is 0 Å². The molecule has 0 amide bonds. The third-order valence-electron chi connectivity index (χ3n) is 2.97. The van der Waals surface area contributed by atoms with Crippen molar-refractivity contribution >= 4 is 23.9 Å². The number of carbonyl (C=O) groups excluding carboxylic acids is 4. The van der Waals surface area contributed by atoms with Crippen LogP contribution < -0.4 is 0 Å². The SMILES string of the molecule is CC(=O)OC[C@H]1O[C@@H](O)[C@H](OC(C)=O)[C@@H](OC(C)=O)[C@@H]1OC(C)=O. The molecule has 1 aliphatic heterocycles. The van der Waals surface area contributed by atoms with E-state index in [0.717, 1.165) is 27.7 Å². The Bertz CT molecular complexity index is 502. The first kappa shape index (κ1) is 19.8. The van der Waals surface area contributed by atoms with Crippen LogP contribution in [0.4, 0.5) is 0 Å². The van der Waals surface area contributed by atoms with Crippen LogP contribution in [-0.2, 0) is 42.9 Å². The predicted molar refractivity (Wildman–Crippen MR) is 74.2 cm³/mol. The molecule has 1 heterocycles. The third kappa shape index (κ3) is 5.78. The standard InChI is InChI=1S/C14H20O10/c1-6(15)20-5-10-11(21-7(2)16)12(22-8(3)17)13(14(19)24-10)23-9(4)18/h10-14,19H,5H2,1-4H3/t10-,11-,12+,13-,14-/m1/s1. The molecular weight excluding hydrogens is 328 g/mol. The van der Waals surface area contributed by atoms with Crippen molar-refractivity contribution in [1.82, 2.24) is 0 Å². The number of aliphatic hydroxyl groups is 1. The van der Waals surface area contributed by atoms with Gasteiger partial charge in [0.15, 0.2) is 24.6 Å². The van der Waals surface area contributed by atoms with E-state index in [0.29, 0.717) is 0 Å². The molecule has 0 bridgehead atoms. The third-order valence-corrected chi connectivity index (χ3v) is 2.97. The summed E-state index contributed by atoms with van der Waals surface area (Å²) in [6.07, 6.45) is -6.79. The summed E-state index contributed by atoms with van der Waals surface area (Å²) < 4.78 is 25.0. The molecule has 1 fully saturated rings. The summed E-state index contributed by atoms with van der Waals surface area (Å²) in [5, 5.41) is 10.0. The number of esters is 4. The maximum absolute atomic E-state index is 11.3. The molecule has 0 unspecified atom stereocenters. The van der Waals surface area contributed by atoms with Crippen LogP contribution in [0.25, 0.3) is 0 Å². The minimum Gasteiger partial charge on any atom is -0.463 e. The number of hydrogen-bond acceptors (Lipinski definition) is 10. The Hall–Kier alpha value is -2.20. The van der Waals surface area contributed by atoms with Gasteiger partial charge in [0, 0.05) is 27.7 Å². The van der Waals surface area contributed by atoms with E-state index in [1.807, 2.05) is 0 Å². The largest absolute Gasteiger partial charge is 0.463 e. The Morgan fingerprint density at radius 1 is 0.792 bits per heavy atom. The van der Waals surface area contributed by atoms with E-state index in [2.05, 4.69) is 0 Å². The van der Waals surface area contributed by atoms with Crippen LogP contribution in [0, 0.1) is 0 Å². The van der Waals surface area contributed by atoms with E-state index >= 15 is 0 Å². The van der Waals surface area contributed by atoms with Gasteiger partial charge in [-0.05, 0) is 0 Å². The normalized spacial score (nSPS) is 29.3. The van der Waals surface area contributed by atoms with Crippen LogP contribution >= 0.6 is 0 Å². The van der Waals surface area contributed by atoms with Gasteiger partial charge < -0.3 is 28.8 Å². The molecule has 0 spiro atoms. The zero-order valence-corrected chi connectivity index (χ0v) is 13.7. The summed E-state index contributed by atoms with van der Waals surface area (Å²) in [5.74, 6) is -2.87. The Morgan fingerprint density at radius 3 is 1.71 bits per heavy atom. The fraction of sp³-hybridized carbons (Fsp3) is 0.714. The molecule has 10 nitrogen and oxygen atoms in total. The van der Waals surface area contributed by atoms with Crippen LogP contribution in [0.5, 0.6) is 0 Å². The minimum atomic E-state index is -1.68. The van der Waals surface area contributed by atoms with Gasteiger partial charge in [-0.3, -0.25) is 19.2 Å². The van der Waals surface area contributed by atoms with Gasteiger partial charge in [-0.1, -0.05) is 0 Å². The van der Waals surface area contributed by atoms with Crippen molar-refractivity contribution < 1.29 is 48.0 Å². The van der Waals surface area contributed by atoms with Gasteiger partial charge in [0.1, 0.15) is 12.7 Å². The summed E-state index contributed by atoms with van der Waals surface area (Å²) in [6, 6.07) is 0. The highest BCUT2D eigenvalue weighted by atomic mass is 16.7. The lowest BCUT2D eigenvalue weighted by Crippen LogP contribution is -2.62. The van der Waals surface area contributed by atoms with E-state index < -0.39 is 54.6 Å². The molecule has 0 saturated carbocycles. The molecule has 0 aromatic carbocycles. The van der Waals surface area contributed by atoms with Crippen molar-refractivity contribution in [1.29, 1.82) is 0 Å². The Kier molecular flexibility index (Phi) is 7.11. The molecular formula is C14H20O10. The van der Waals surface area contributed by atoms with Gasteiger partial charge >= 0.3 is 23.9 Å². The highest BCUT2D eigenvalue weighted by Crippen LogP contribution is 2.28. The maximum Gasteiger partial charge on any atom is 0.303 e. The van der Waals surface area contributed by atoms with Crippen LogP contribution in [0.3, 0.4) is 0 Å². The van der Waals surface area contributed by atoms with E-state index in [9.17, 15) is 24.3 Å². The van der Waals surface area contributed by atoms with Crippen molar-refractivity contribution in [2.45, 2.75) is 58.4 Å². The summed E-state index contributed by atoms with van der Waals surface area (Å²) in [6.45, 7) is 4.09. The second-order valence-electron chi connectivity index (χ2n) is 5.09. The molecule has 136 valence electrons. The second-order valence-corrected chi connectivity index (χ2v) is 5.09. The van der Waals surface area contributed by atoms with Gasteiger partial charge in [-0.15, -0.1) is 0 Å². The number of ether oxygens (including phenoxy) is 5. The fourth-order valence-electron chi connectivity index (χ4n) is 2.21. The predicted octanol–water partition coefficient (Wildman–Crippen LogP) is -0.938. The number of aliphatic hydroxyl groups excluding tert-OH is 1. The molecule has 0 aromatic heterocycles. The van der Waals surface area contributed by atoms with E-state index in [4.69, 9.17) is 23.7 Å². The molecule has 24 heavy (non-hydrogen) atoms. The van der Waals surface area contributed by atoms with Gasteiger partial charge in [0.05, 0.1) is 0 Å². The quantitative estimate of drug-likeness (QED) is 0.490. The fourth-order valence-corrected chi connectivity index (χ4v) is 2.21. The van der Waals surface area contributed by atoms with Gasteiger partial charge in [0.25, 0.3) is 0 Å². The maximum atomic E-state index is 11.3. The smallest absolute Gasteiger partial charge is 0.303 e. The van der Waals surface area contributed by atoms with Crippen LogP contribution in [0.1, 0.15) is 27.7 Å². The average Bonchev–Trinajstić information content (AvgIpc) is 2.42. The Morgan fingerprint density at radius 2 is 1.25 bits per heavy atom. The van der Waals surface area contributed by atoms with Gasteiger partial charge in [-0.2, -0.15) is 0 Å². The lowest BCUT2D eigenvalue weighted by Gasteiger charge is -2.42. The molecule has 0 aromatic rings. The van der Waals surface area contributed by atoms with E-state index in [1.165, 1.54) is 0 Å². The zero-order valence-electron chi connectivity index (χ0n) is 13.7. The molecule has 10 heteroatoms. The number of rotatable bonds is 5. The van der Waals surface area contributed by atoms with Crippen LogP contribution in [0.2, 0.25) is 0 Å². The summed E-state index contributed by atoms with van der Waals surface area (Å²) in [5.41, 5.74) is 0. The molecule has 1 rings (SSSR count). The molecule has 1 saturated heterocycles. The van der Waals surface area contributed by atoms with Crippen molar-refractivity contribution in [3.63, 3.8) is 0 Å².